The Kier molecular flexibility index (Phi) is 9.97. The van der Waals surface area contributed by atoms with Crippen LogP contribution in [0, 0.1) is 0 Å². The van der Waals surface area contributed by atoms with Gasteiger partial charge in [0.25, 0.3) is 0 Å². The molecule has 0 spiro atoms. The van der Waals surface area contributed by atoms with Gasteiger partial charge in [-0.05, 0) is 68.7 Å². The minimum atomic E-state index is -4.12. The molecule has 1 rings (SSSR count). The van der Waals surface area contributed by atoms with E-state index in [1.54, 1.807) is 62.3 Å². The van der Waals surface area contributed by atoms with Crippen molar-refractivity contribution in [2.45, 2.75) is 91.6 Å². The van der Waals surface area contributed by atoms with Crippen molar-refractivity contribution in [1.29, 1.82) is 0 Å². The van der Waals surface area contributed by atoms with E-state index in [1.165, 1.54) is 0 Å². The average Bonchev–Trinajstić information content (AvgIpc) is 2.51. The normalized spacial score (nSPS) is 17.1. The summed E-state index contributed by atoms with van der Waals surface area (Å²) in [6.45, 7) is 14.0. The van der Waals surface area contributed by atoms with Crippen molar-refractivity contribution in [3.05, 3.63) is 0 Å². The number of rotatable bonds is 9. The molecule has 1 fully saturated rings. The van der Waals surface area contributed by atoms with E-state index >= 15 is 0 Å². The van der Waals surface area contributed by atoms with Gasteiger partial charge in [-0.25, -0.2) is 18.7 Å². The third kappa shape index (κ3) is 11.5. The minimum absolute atomic E-state index is 0.0843. The Bertz CT molecular complexity index is 762. The van der Waals surface area contributed by atoms with Gasteiger partial charge in [0, 0.05) is 13.1 Å². The Balaban J connectivity index is 2.87. The fourth-order valence-corrected chi connectivity index (χ4v) is 4.51. The summed E-state index contributed by atoms with van der Waals surface area (Å²) < 4.78 is 39.5. The van der Waals surface area contributed by atoms with E-state index in [1.807, 2.05) is 0 Å². The lowest BCUT2D eigenvalue weighted by molar-refractivity contribution is -0.156. The van der Waals surface area contributed by atoms with Crippen molar-refractivity contribution in [3.63, 3.8) is 0 Å². The number of phosphoric ester groups is 1. The largest absolute Gasteiger partial charge is 0.478 e. The molecule has 0 aliphatic carbocycles. The van der Waals surface area contributed by atoms with Crippen LogP contribution in [0.25, 0.3) is 0 Å². The van der Waals surface area contributed by atoms with Gasteiger partial charge < -0.3 is 19.5 Å². The molecule has 1 aliphatic rings. The number of carbonyl (C=O) groups excluding carboxylic acids is 2. The zero-order chi connectivity index (χ0) is 26.5. The predicted octanol–water partition coefficient (Wildman–Crippen LogP) is 4.23. The summed E-state index contributed by atoms with van der Waals surface area (Å²) in [5, 5.41) is 9.23. The molecule has 1 saturated heterocycles. The summed E-state index contributed by atoms with van der Waals surface area (Å²) in [6.07, 6.45) is -1.57. The summed E-state index contributed by atoms with van der Waals surface area (Å²) >= 11 is 0. The zero-order valence-corrected chi connectivity index (χ0v) is 22.5. The molecule has 1 N–H and O–H groups in total. The monoisotopic (exact) mass is 510 g/mol. The van der Waals surface area contributed by atoms with Gasteiger partial charge in [-0.2, -0.15) is 0 Å². The molecule has 0 bridgehead atoms. The summed E-state index contributed by atoms with van der Waals surface area (Å²) in [6, 6.07) is -0.493. The first kappa shape index (κ1) is 30.2. The highest BCUT2D eigenvalue weighted by molar-refractivity contribution is 7.48. The molecular weight excluding hydrogens is 471 g/mol. The molecule has 0 radical (unpaired) electrons. The van der Waals surface area contributed by atoms with E-state index in [0.29, 0.717) is 13.0 Å². The van der Waals surface area contributed by atoms with Crippen LogP contribution in [0.5, 0.6) is 0 Å². The maximum atomic E-state index is 13.1. The Hall–Kier alpha value is -1.88. The number of nitrogens with zero attached hydrogens (tertiary/aromatic N) is 2. The number of esters is 1. The number of ether oxygens (including phenoxy) is 2. The quantitative estimate of drug-likeness (QED) is 0.272. The standard InChI is InChI=1S/C21H39N2O10P/c1-19(2,3)31-16(24)13-22(12-15-10-11-23(15)17(25)26)18(27)29-14-30-34(28,32-20(4,5)6)33-21(7,8)9/h15H,10-14H2,1-9H3,(H,25,26). The van der Waals surface area contributed by atoms with Crippen molar-refractivity contribution >= 4 is 26.0 Å². The van der Waals surface area contributed by atoms with Crippen molar-refractivity contribution in [2.24, 2.45) is 0 Å². The molecule has 0 saturated carbocycles. The van der Waals surface area contributed by atoms with Crippen LogP contribution >= 0.6 is 7.82 Å². The predicted molar refractivity (Wildman–Crippen MR) is 122 cm³/mol. The van der Waals surface area contributed by atoms with Gasteiger partial charge in [-0.3, -0.25) is 18.7 Å². The second kappa shape index (κ2) is 11.2. The highest BCUT2D eigenvalue weighted by atomic mass is 31.2. The van der Waals surface area contributed by atoms with Crippen molar-refractivity contribution in [3.8, 4) is 0 Å². The second-order valence-electron chi connectivity index (χ2n) is 10.9. The molecule has 0 aromatic carbocycles. The van der Waals surface area contributed by atoms with Gasteiger partial charge >= 0.3 is 26.0 Å². The van der Waals surface area contributed by atoms with Crippen LogP contribution in [0.15, 0.2) is 0 Å². The topological polar surface area (TPSA) is 141 Å². The molecule has 34 heavy (non-hydrogen) atoms. The highest BCUT2D eigenvalue weighted by Gasteiger charge is 2.39. The third-order valence-corrected chi connectivity index (χ3v) is 5.95. The Labute approximate surface area is 201 Å². The van der Waals surface area contributed by atoms with E-state index < -0.39 is 62.2 Å². The first-order valence-corrected chi connectivity index (χ1v) is 12.4. The number of likely N-dealkylation sites (tertiary alicyclic amines) is 1. The summed E-state index contributed by atoms with van der Waals surface area (Å²) in [5.41, 5.74) is -2.53. The number of hydrogen-bond acceptors (Lipinski definition) is 9. The van der Waals surface area contributed by atoms with E-state index in [-0.39, 0.29) is 6.54 Å². The van der Waals surface area contributed by atoms with Gasteiger partial charge in [0.1, 0.15) is 12.1 Å². The minimum Gasteiger partial charge on any atom is -0.465 e. The second-order valence-corrected chi connectivity index (χ2v) is 12.4. The highest BCUT2D eigenvalue weighted by Crippen LogP contribution is 2.55. The van der Waals surface area contributed by atoms with Crippen LogP contribution in [-0.4, -0.2) is 82.3 Å². The zero-order valence-electron chi connectivity index (χ0n) is 21.6. The fraction of sp³-hybridized carbons (Fsp3) is 0.857. The van der Waals surface area contributed by atoms with E-state index in [2.05, 4.69) is 0 Å². The molecular formula is C21H39N2O10P. The van der Waals surface area contributed by atoms with E-state index in [4.69, 9.17) is 23.0 Å². The van der Waals surface area contributed by atoms with Gasteiger partial charge in [-0.15, -0.1) is 0 Å². The lowest BCUT2D eigenvalue weighted by atomic mass is 10.0. The maximum Gasteiger partial charge on any atom is 0.478 e. The molecule has 1 heterocycles. The van der Waals surface area contributed by atoms with E-state index in [9.17, 15) is 24.1 Å². The average molecular weight is 511 g/mol. The van der Waals surface area contributed by atoms with Crippen LogP contribution in [0.3, 0.4) is 0 Å². The molecule has 12 nitrogen and oxygen atoms in total. The van der Waals surface area contributed by atoms with Gasteiger partial charge in [0.05, 0.1) is 17.2 Å². The number of carbonyl (C=O) groups is 3. The van der Waals surface area contributed by atoms with Crippen LogP contribution in [-0.2, 0) is 32.4 Å². The number of amides is 2. The molecule has 0 aromatic rings. The number of carboxylic acid groups (broad SMARTS) is 1. The molecule has 1 unspecified atom stereocenters. The Morgan fingerprint density at radius 2 is 1.50 bits per heavy atom. The SMILES string of the molecule is CC(C)(C)OC(=O)CN(CC1CCN1C(=O)O)C(=O)OCOP(=O)(OC(C)(C)C)OC(C)(C)C. The van der Waals surface area contributed by atoms with Crippen molar-refractivity contribution < 1.29 is 47.1 Å². The number of phosphoric acid groups is 1. The Morgan fingerprint density at radius 3 is 1.88 bits per heavy atom. The first-order valence-electron chi connectivity index (χ1n) is 11.0. The molecule has 1 atom stereocenters. The van der Waals surface area contributed by atoms with Crippen LogP contribution < -0.4 is 0 Å². The van der Waals surface area contributed by atoms with E-state index in [0.717, 1.165) is 9.80 Å². The van der Waals surface area contributed by atoms with Gasteiger partial charge in [0.2, 0.25) is 6.79 Å². The molecule has 0 aromatic heterocycles. The van der Waals surface area contributed by atoms with Crippen molar-refractivity contribution in [1.82, 2.24) is 9.80 Å². The lowest BCUT2D eigenvalue weighted by Gasteiger charge is -2.41. The van der Waals surface area contributed by atoms with Crippen LogP contribution in [0.1, 0.15) is 68.7 Å². The molecule has 1 aliphatic heterocycles. The molecule has 13 heteroatoms. The third-order valence-electron chi connectivity index (χ3n) is 3.98. The van der Waals surface area contributed by atoms with Crippen LogP contribution in [0.2, 0.25) is 0 Å². The fourth-order valence-electron chi connectivity index (χ4n) is 2.84. The maximum absolute atomic E-state index is 13.1. The van der Waals surface area contributed by atoms with Gasteiger partial charge in [-0.1, -0.05) is 0 Å². The van der Waals surface area contributed by atoms with Crippen molar-refractivity contribution in [2.75, 3.05) is 26.4 Å². The summed E-state index contributed by atoms with van der Waals surface area (Å²) in [4.78, 5) is 38.5. The number of hydrogen-bond donors (Lipinski definition) is 1. The molecule has 2 amide bonds. The Morgan fingerprint density at radius 1 is 0.971 bits per heavy atom. The van der Waals surface area contributed by atoms with Crippen LogP contribution in [0.4, 0.5) is 9.59 Å². The summed E-state index contributed by atoms with van der Waals surface area (Å²) in [5.74, 6) is -0.690. The first-order chi connectivity index (χ1) is 15.2. The molecule has 198 valence electrons. The smallest absolute Gasteiger partial charge is 0.465 e. The lowest BCUT2D eigenvalue weighted by Crippen LogP contribution is -2.57. The van der Waals surface area contributed by atoms with Gasteiger partial charge in [0.15, 0.2) is 0 Å². The summed E-state index contributed by atoms with van der Waals surface area (Å²) in [7, 11) is -4.12.